The van der Waals surface area contributed by atoms with Crippen LogP contribution in [0.15, 0.2) is 0 Å². The number of hydrogen-bond donors (Lipinski definition) is 0. The zero-order valence-electron chi connectivity index (χ0n) is 5.47. The van der Waals surface area contributed by atoms with E-state index in [1.807, 2.05) is 0 Å². The molecule has 0 fully saturated rings. The van der Waals surface area contributed by atoms with Gasteiger partial charge in [-0.05, 0) is 0 Å². The maximum atomic E-state index is 9.38. The van der Waals surface area contributed by atoms with Gasteiger partial charge >= 0.3 is 92.6 Å². The average molecular weight is 427 g/mol. The summed E-state index contributed by atoms with van der Waals surface area (Å²) < 4.78 is 58.9. The Kier molecular flexibility index (Phi) is 16.1. The third kappa shape index (κ3) is 22.6. The summed E-state index contributed by atoms with van der Waals surface area (Å²) in [6.07, 6.45) is 0. The van der Waals surface area contributed by atoms with Crippen LogP contribution in [0.5, 0.6) is 0 Å². The van der Waals surface area contributed by atoms with Crippen molar-refractivity contribution in [2.75, 3.05) is 0 Å². The Balaban J connectivity index is -0.000000107. The van der Waals surface area contributed by atoms with Crippen LogP contribution >= 0.6 is 0 Å². The number of rotatable bonds is 2. The smallest absolute Gasteiger partial charge is 2.00 e. The summed E-state index contributed by atoms with van der Waals surface area (Å²) in [6, 6.07) is 0. The molecule has 0 aromatic heterocycles. The van der Waals surface area contributed by atoms with E-state index in [-0.39, 0.29) is 55.9 Å². The van der Waals surface area contributed by atoms with E-state index in [9.17, 15) is 23.5 Å². The minimum absolute atomic E-state index is 0. The number of halogens is 1. The first-order chi connectivity index (χ1) is 3.71. The molecule has 0 saturated heterocycles. The second-order valence-electron chi connectivity index (χ2n) is 0.885. The summed E-state index contributed by atoms with van der Waals surface area (Å²) in [5.74, 6) is 0. The summed E-state index contributed by atoms with van der Waals surface area (Å²) >= 11 is -12.1. The zero-order chi connectivity index (χ0) is 7.71. The van der Waals surface area contributed by atoms with Gasteiger partial charge in [-0.25, -0.2) is 0 Å². The number of hydrogen-bond acceptors (Lipinski definition) is 7. The van der Waals surface area contributed by atoms with Crippen LogP contribution in [0, 0.1) is 0 Å². The first kappa shape index (κ1) is 23.6. The molecule has 0 bridgehead atoms. The van der Waals surface area contributed by atoms with Crippen LogP contribution in [-0.4, -0.2) is 0 Å². The van der Waals surface area contributed by atoms with Crippen LogP contribution in [0.4, 0.5) is 0 Å². The molecule has 0 aliphatic carbocycles. The molecule has 12 heavy (non-hydrogen) atoms. The van der Waals surface area contributed by atoms with Crippen molar-refractivity contribution in [3.05, 3.63) is 0 Å². The fraction of sp³-hybridized carbons (Fsp3) is 0. The minimum Gasteiger partial charge on any atom is 2.00 e. The molecule has 0 aromatic rings. The van der Waals surface area contributed by atoms with Crippen molar-refractivity contribution >= 4 is 0 Å². The third-order valence-corrected chi connectivity index (χ3v) is 2.83. The van der Waals surface area contributed by atoms with Crippen molar-refractivity contribution in [2.45, 2.75) is 0 Å². The van der Waals surface area contributed by atoms with Gasteiger partial charge in [-0.1, -0.05) is 0 Å². The quantitative estimate of drug-likeness (QED) is 0.403. The topological polar surface area (TPSA) is 124 Å². The van der Waals surface area contributed by atoms with Gasteiger partial charge in [-0.2, -0.15) is 0 Å². The molecule has 7 nitrogen and oxygen atoms in total. The fourth-order valence-corrected chi connectivity index (χ4v) is 1.74. The summed E-state index contributed by atoms with van der Waals surface area (Å²) in [5.41, 5.74) is 0. The standard InChI is InChI=1S/BrH.2Cr.7O.2Zn/h1H;;;;;;;;;;;/q;;;;;;;;2*-1;2*+2/p-1. The van der Waals surface area contributed by atoms with Crippen LogP contribution < -0.4 is 25.3 Å². The zero-order valence-corrected chi connectivity index (χ0v) is 15.5. The van der Waals surface area contributed by atoms with E-state index in [0.29, 0.717) is 0 Å². The molecule has 0 unspecified atom stereocenters. The Bertz CT molecular complexity index is 245. The van der Waals surface area contributed by atoms with Gasteiger partial charge in [0.05, 0.1) is 0 Å². The first-order valence-corrected chi connectivity index (χ1v) is 5.50. The Labute approximate surface area is 108 Å². The van der Waals surface area contributed by atoms with E-state index in [4.69, 9.17) is 0 Å². The fourth-order valence-electron chi connectivity index (χ4n) is 0.102. The van der Waals surface area contributed by atoms with Crippen molar-refractivity contribution in [1.29, 1.82) is 0 Å². The van der Waals surface area contributed by atoms with Gasteiger partial charge in [0.15, 0.2) is 0 Å². The molecule has 0 radical (unpaired) electrons. The molecule has 0 aliphatic rings. The summed E-state index contributed by atoms with van der Waals surface area (Å²) in [7, 11) is 0. The molecule has 0 rings (SSSR count). The van der Waals surface area contributed by atoms with Crippen molar-refractivity contribution in [3.63, 3.8) is 0 Å². The van der Waals surface area contributed by atoms with E-state index >= 15 is 0 Å². The Morgan fingerprint density at radius 2 is 1.00 bits per heavy atom. The van der Waals surface area contributed by atoms with Crippen LogP contribution in [0.1, 0.15) is 0 Å². The van der Waals surface area contributed by atoms with Crippen LogP contribution in [0.3, 0.4) is 0 Å². The normalized spacial score (nSPS) is 10.2. The molecule has 0 aliphatic heterocycles. The first-order valence-electron chi connectivity index (χ1n) is 1.33. The van der Waals surface area contributed by atoms with E-state index in [0.717, 1.165) is 0 Å². The van der Waals surface area contributed by atoms with Crippen molar-refractivity contribution in [2.24, 2.45) is 0 Å². The van der Waals surface area contributed by atoms with Crippen molar-refractivity contribution < 1.29 is 110 Å². The van der Waals surface area contributed by atoms with E-state index in [2.05, 4.69) is 2.84 Å². The van der Waals surface area contributed by atoms with Crippen molar-refractivity contribution in [1.82, 2.24) is 0 Å². The van der Waals surface area contributed by atoms with Gasteiger partial charge < -0.3 is 17.0 Å². The van der Waals surface area contributed by atoms with Crippen LogP contribution in [-0.2, 0) is 84.2 Å². The monoisotopic (exact) mass is 423 g/mol. The minimum atomic E-state index is -6.07. The van der Waals surface area contributed by atoms with Crippen LogP contribution in [0.25, 0.3) is 0 Å². The van der Waals surface area contributed by atoms with Gasteiger partial charge in [0.2, 0.25) is 0 Å². The molecule has 0 aromatic carbocycles. The van der Waals surface area contributed by atoms with Gasteiger partial charge in [0, 0.05) is 0 Å². The summed E-state index contributed by atoms with van der Waals surface area (Å²) in [4.78, 5) is 0. The van der Waals surface area contributed by atoms with E-state index in [1.54, 1.807) is 0 Å². The Morgan fingerprint density at radius 1 is 0.833 bits per heavy atom. The molecular formula is BrCr2O7Zn2+. The maximum Gasteiger partial charge on any atom is 2.00 e. The second kappa shape index (κ2) is 8.20. The van der Waals surface area contributed by atoms with Crippen LogP contribution in [0.2, 0.25) is 0 Å². The molecule has 0 amide bonds. The predicted molar refractivity (Wildman–Crippen MR) is 3.83 cm³/mol. The molecule has 64 valence electrons. The van der Waals surface area contributed by atoms with Gasteiger partial charge in [-0.3, -0.25) is 0 Å². The molecule has 12 heteroatoms. The van der Waals surface area contributed by atoms with Gasteiger partial charge in [0.25, 0.3) is 0 Å². The predicted octanol–water partition coefficient (Wildman–Crippen LogP) is -5.93. The third-order valence-electron chi connectivity index (χ3n) is 0.167. The van der Waals surface area contributed by atoms with Crippen molar-refractivity contribution in [3.8, 4) is 0 Å². The van der Waals surface area contributed by atoms with E-state index in [1.165, 1.54) is 0 Å². The molecule has 0 N–H and O–H groups in total. The molecule has 0 heterocycles. The molecular weight excluding hydrogens is 427 g/mol. The molecule has 0 atom stereocenters. The Hall–Kier alpha value is 1.87. The van der Waals surface area contributed by atoms with E-state index < -0.39 is 27.2 Å². The maximum absolute atomic E-state index is 9.38. The van der Waals surface area contributed by atoms with Gasteiger partial charge in [0.1, 0.15) is 0 Å². The molecule has 0 saturated carbocycles. The largest absolute Gasteiger partial charge is 2.00 e. The summed E-state index contributed by atoms with van der Waals surface area (Å²) in [5, 5.41) is 0. The average Bonchev–Trinajstić information content (AvgIpc) is 1.14. The second-order valence-corrected chi connectivity index (χ2v) is 4.52. The molecule has 0 spiro atoms. The summed E-state index contributed by atoms with van der Waals surface area (Å²) in [6.45, 7) is 0. The SMILES string of the molecule is [Br-].[O]=[Cr](=[O])([O-])[O][Cr](=[O])(=[O])[O-].[Zn+2].[Zn+2]. The van der Waals surface area contributed by atoms with Gasteiger partial charge in [-0.15, -0.1) is 0 Å². The Morgan fingerprint density at radius 3 is 1.00 bits per heavy atom.